The average Bonchev–Trinajstić information content (AvgIpc) is 3.01. The van der Waals surface area contributed by atoms with E-state index in [1.807, 2.05) is 54.2 Å². The number of aryl methyl sites for hydroxylation is 1. The van der Waals surface area contributed by atoms with Gasteiger partial charge in [0.25, 0.3) is 0 Å². The van der Waals surface area contributed by atoms with Crippen molar-refractivity contribution in [1.82, 2.24) is 15.1 Å². The minimum atomic E-state index is -0.203. The third-order valence-corrected chi connectivity index (χ3v) is 4.82. The maximum absolute atomic E-state index is 12.6. The van der Waals surface area contributed by atoms with E-state index in [0.717, 1.165) is 33.7 Å². The predicted octanol–water partition coefficient (Wildman–Crippen LogP) is 2.45. The number of fused-ring (bicyclic) bond motifs is 2. The van der Waals surface area contributed by atoms with Crippen LogP contribution >= 0.6 is 0 Å². The summed E-state index contributed by atoms with van der Waals surface area (Å²) >= 11 is 0. The fraction of sp³-hybridized carbons (Fsp3) is 0.300. The molecule has 6 heteroatoms. The second kappa shape index (κ2) is 6.71. The van der Waals surface area contributed by atoms with E-state index in [1.165, 1.54) is 0 Å². The number of aromatic nitrogens is 2. The van der Waals surface area contributed by atoms with Crippen molar-refractivity contribution < 1.29 is 14.3 Å². The molecule has 134 valence electrons. The number of para-hydroxylation sites is 1. The van der Waals surface area contributed by atoms with Gasteiger partial charge < -0.3 is 14.8 Å². The lowest BCUT2D eigenvalue weighted by Gasteiger charge is -2.24. The van der Waals surface area contributed by atoms with Gasteiger partial charge in [-0.1, -0.05) is 24.3 Å². The minimum absolute atomic E-state index is 0.0128. The first kappa shape index (κ1) is 16.4. The molecule has 2 aromatic carbocycles. The summed E-state index contributed by atoms with van der Waals surface area (Å²) in [5.74, 6) is 1.34. The summed E-state index contributed by atoms with van der Waals surface area (Å²) in [5, 5.41) is 8.59. The van der Waals surface area contributed by atoms with Crippen molar-refractivity contribution in [3.63, 3.8) is 0 Å². The quantitative estimate of drug-likeness (QED) is 0.784. The molecule has 0 saturated heterocycles. The van der Waals surface area contributed by atoms with Gasteiger partial charge in [-0.25, -0.2) is 0 Å². The minimum Gasteiger partial charge on any atom is -0.497 e. The molecule has 1 N–H and O–H groups in total. The van der Waals surface area contributed by atoms with Crippen LogP contribution in [0.25, 0.3) is 10.9 Å². The molecule has 26 heavy (non-hydrogen) atoms. The number of hydrogen-bond donors (Lipinski definition) is 1. The summed E-state index contributed by atoms with van der Waals surface area (Å²) in [6.45, 7) is 0.779. The molecule has 0 bridgehead atoms. The molecule has 1 aliphatic heterocycles. The zero-order valence-electron chi connectivity index (χ0n) is 14.9. The number of carbonyl (C=O) groups excluding carboxylic acids is 1. The molecule has 4 rings (SSSR count). The lowest BCUT2D eigenvalue weighted by atomic mass is 9.96. The van der Waals surface area contributed by atoms with Crippen LogP contribution in [0.2, 0.25) is 0 Å². The highest BCUT2D eigenvalue weighted by atomic mass is 16.5. The highest BCUT2D eigenvalue weighted by molar-refractivity contribution is 5.83. The molecule has 0 fully saturated rings. The second-order valence-electron chi connectivity index (χ2n) is 6.49. The molecule has 0 unspecified atom stereocenters. The van der Waals surface area contributed by atoms with E-state index in [-0.39, 0.29) is 11.8 Å². The van der Waals surface area contributed by atoms with Gasteiger partial charge in [0.1, 0.15) is 18.1 Å². The number of rotatable bonds is 4. The van der Waals surface area contributed by atoms with Crippen molar-refractivity contribution in [3.05, 3.63) is 53.7 Å². The standard InChI is InChI=1S/C20H21N3O3/c1-23-18-6-4-3-5-16(18)17(22-23)11-21-20(24)14-9-13-7-8-15(25-2)10-19(13)26-12-14/h3-8,10,14H,9,11-12H2,1-2H3,(H,21,24)/t14-/m1/s1. The number of carbonyl (C=O) groups is 1. The fourth-order valence-electron chi connectivity index (χ4n) is 3.38. The van der Waals surface area contributed by atoms with Gasteiger partial charge in [-0.2, -0.15) is 5.10 Å². The largest absolute Gasteiger partial charge is 0.497 e. The number of ether oxygens (including phenoxy) is 2. The van der Waals surface area contributed by atoms with Crippen LogP contribution in [0.4, 0.5) is 0 Å². The van der Waals surface area contributed by atoms with E-state index >= 15 is 0 Å². The molecule has 3 aromatic rings. The number of methoxy groups -OCH3 is 1. The average molecular weight is 351 g/mol. The Hall–Kier alpha value is -3.02. The monoisotopic (exact) mass is 351 g/mol. The fourth-order valence-corrected chi connectivity index (χ4v) is 3.38. The van der Waals surface area contributed by atoms with Gasteiger partial charge in [-0.05, 0) is 24.1 Å². The van der Waals surface area contributed by atoms with Crippen LogP contribution in [-0.2, 0) is 24.8 Å². The lowest BCUT2D eigenvalue weighted by molar-refractivity contribution is -0.126. The summed E-state index contributed by atoms with van der Waals surface area (Å²) in [6.07, 6.45) is 0.661. The van der Waals surface area contributed by atoms with Gasteiger partial charge in [-0.15, -0.1) is 0 Å². The molecule has 0 radical (unpaired) electrons. The molecule has 1 atom stereocenters. The number of nitrogens with one attached hydrogen (secondary N) is 1. The molecule has 1 aromatic heterocycles. The number of nitrogens with zero attached hydrogens (tertiary/aromatic N) is 2. The summed E-state index contributed by atoms with van der Waals surface area (Å²) in [6, 6.07) is 13.7. The Morgan fingerprint density at radius 3 is 3.04 bits per heavy atom. The predicted molar refractivity (Wildman–Crippen MR) is 98.2 cm³/mol. The topological polar surface area (TPSA) is 65.4 Å². The van der Waals surface area contributed by atoms with Crippen molar-refractivity contribution in [2.24, 2.45) is 13.0 Å². The molecule has 1 amide bonds. The van der Waals surface area contributed by atoms with Gasteiger partial charge in [0, 0.05) is 18.5 Å². The molecular formula is C20H21N3O3. The highest BCUT2D eigenvalue weighted by Crippen LogP contribution is 2.31. The maximum Gasteiger partial charge on any atom is 0.227 e. The Kier molecular flexibility index (Phi) is 4.24. The summed E-state index contributed by atoms with van der Waals surface area (Å²) in [4.78, 5) is 12.6. The molecule has 2 heterocycles. The zero-order valence-corrected chi connectivity index (χ0v) is 14.9. The van der Waals surface area contributed by atoms with Crippen LogP contribution in [0, 0.1) is 5.92 Å². The van der Waals surface area contributed by atoms with E-state index in [1.54, 1.807) is 7.11 Å². The molecule has 0 spiro atoms. The number of hydrogen-bond acceptors (Lipinski definition) is 4. The van der Waals surface area contributed by atoms with Crippen LogP contribution in [-0.4, -0.2) is 29.4 Å². The second-order valence-corrected chi connectivity index (χ2v) is 6.49. The van der Waals surface area contributed by atoms with E-state index in [4.69, 9.17) is 9.47 Å². The lowest BCUT2D eigenvalue weighted by Crippen LogP contribution is -2.37. The van der Waals surface area contributed by atoms with Gasteiger partial charge in [0.15, 0.2) is 0 Å². The zero-order chi connectivity index (χ0) is 18.1. The first-order chi connectivity index (χ1) is 12.7. The molecule has 6 nitrogen and oxygen atoms in total. The van der Waals surface area contributed by atoms with Crippen LogP contribution in [0.3, 0.4) is 0 Å². The van der Waals surface area contributed by atoms with Gasteiger partial charge in [0.2, 0.25) is 5.91 Å². The van der Waals surface area contributed by atoms with Crippen LogP contribution in [0.1, 0.15) is 11.3 Å². The van der Waals surface area contributed by atoms with Gasteiger partial charge in [0.05, 0.1) is 30.8 Å². The third kappa shape index (κ3) is 2.98. The van der Waals surface area contributed by atoms with E-state index in [9.17, 15) is 4.79 Å². The molecule has 0 aliphatic carbocycles. The molecule has 0 saturated carbocycles. The summed E-state index contributed by atoms with van der Waals surface area (Å²) in [5.41, 5.74) is 2.96. The van der Waals surface area contributed by atoms with Crippen LogP contribution in [0.15, 0.2) is 42.5 Å². The van der Waals surface area contributed by atoms with Crippen molar-refractivity contribution in [3.8, 4) is 11.5 Å². The van der Waals surface area contributed by atoms with E-state index < -0.39 is 0 Å². The first-order valence-electron chi connectivity index (χ1n) is 8.63. The van der Waals surface area contributed by atoms with Gasteiger partial charge >= 0.3 is 0 Å². The number of amides is 1. The number of benzene rings is 2. The Morgan fingerprint density at radius 2 is 2.19 bits per heavy atom. The normalized spacial score (nSPS) is 16.0. The summed E-state index contributed by atoms with van der Waals surface area (Å²) in [7, 11) is 3.54. The van der Waals surface area contributed by atoms with Crippen molar-refractivity contribution in [2.45, 2.75) is 13.0 Å². The molecular weight excluding hydrogens is 330 g/mol. The SMILES string of the molecule is COc1ccc2c(c1)OC[C@H](C(=O)NCc1nn(C)c3ccccc13)C2. The highest BCUT2D eigenvalue weighted by Gasteiger charge is 2.26. The van der Waals surface area contributed by atoms with E-state index in [2.05, 4.69) is 10.4 Å². The third-order valence-electron chi connectivity index (χ3n) is 4.82. The maximum atomic E-state index is 12.6. The van der Waals surface area contributed by atoms with Crippen LogP contribution < -0.4 is 14.8 Å². The molecule has 1 aliphatic rings. The Morgan fingerprint density at radius 1 is 1.35 bits per heavy atom. The van der Waals surface area contributed by atoms with Crippen molar-refractivity contribution in [1.29, 1.82) is 0 Å². The Labute approximate surface area is 151 Å². The van der Waals surface area contributed by atoms with Gasteiger partial charge in [-0.3, -0.25) is 9.48 Å². The van der Waals surface area contributed by atoms with Crippen LogP contribution in [0.5, 0.6) is 11.5 Å². The first-order valence-corrected chi connectivity index (χ1v) is 8.63. The summed E-state index contributed by atoms with van der Waals surface area (Å²) < 4.78 is 12.8. The smallest absolute Gasteiger partial charge is 0.227 e. The Bertz CT molecular complexity index is 964. The van der Waals surface area contributed by atoms with Crippen molar-refractivity contribution in [2.75, 3.05) is 13.7 Å². The van der Waals surface area contributed by atoms with Crippen molar-refractivity contribution >= 4 is 16.8 Å². The van der Waals surface area contributed by atoms with E-state index in [0.29, 0.717) is 19.6 Å². The Balaban J connectivity index is 1.44.